The minimum atomic E-state index is -0.296. The molecule has 1 aliphatic rings. The fourth-order valence-electron chi connectivity index (χ4n) is 3.26. The first-order valence-corrected chi connectivity index (χ1v) is 12.1. The van der Waals surface area contributed by atoms with Crippen molar-refractivity contribution in [2.24, 2.45) is 0 Å². The Balaban J connectivity index is 1.53. The molecular formula is C25H21IN2O4S. The van der Waals surface area contributed by atoms with Gasteiger partial charge in [0.05, 0.1) is 27.8 Å². The van der Waals surface area contributed by atoms with Gasteiger partial charge in [-0.2, -0.15) is 0 Å². The van der Waals surface area contributed by atoms with E-state index in [0.29, 0.717) is 23.0 Å². The highest BCUT2D eigenvalue weighted by Gasteiger charge is 2.35. The third kappa shape index (κ3) is 5.56. The maximum Gasteiger partial charge on any atom is 0.293 e. The number of pyridine rings is 1. The predicted molar refractivity (Wildman–Crippen MR) is 137 cm³/mol. The van der Waals surface area contributed by atoms with Crippen LogP contribution < -0.4 is 9.47 Å². The van der Waals surface area contributed by atoms with E-state index in [1.807, 2.05) is 55.5 Å². The highest BCUT2D eigenvalue weighted by atomic mass is 127. The second-order valence-electron chi connectivity index (χ2n) is 7.40. The van der Waals surface area contributed by atoms with E-state index in [1.165, 1.54) is 4.90 Å². The lowest BCUT2D eigenvalue weighted by Crippen LogP contribution is -2.27. The third-order valence-electron chi connectivity index (χ3n) is 4.97. The van der Waals surface area contributed by atoms with Gasteiger partial charge in [0, 0.05) is 6.20 Å². The van der Waals surface area contributed by atoms with Gasteiger partial charge in [-0.25, -0.2) is 0 Å². The first-order chi connectivity index (χ1) is 15.9. The van der Waals surface area contributed by atoms with Crippen molar-refractivity contribution in [3.8, 4) is 11.5 Å². The molecule has 2 heterocycles. The first kappa shape index (κ1) is 23.3. The SMILES string of the molecule is COc1cc(/C=C2\SC(=O)N(Cc3ccc(C)cc3)C2=O)cc(I)c1OCc1ccccn1. The van der Waals surface area contributed by atoms with Crippen LogP contribution in [0.15, 0.2) is 65.7 Å². The predicted octanol–water partition coefficient (Wildman–Crippen LogP) is 5.82. The Hall–Kier alpha value is -2.85. The van der Waals surface area contributed by atoms with E-state index < -0.39 is 0 Å². The van der Waals surface area contributed by atoms with Gasteiger partial charge in [0.15, 0.2) is 11.5 Å². The molecule has 4 rings (SSSR count). The fraction of sp³-hybridized carbons (Fsp3) is 0.160. The Morgan fingerprint density at radius 1 is 1.12 bits per heavy atom. The van der Waals surface area contributed by atoms with E-state index in [9.17, 15) is 9.59 Å². The minimum absolute atomic E-state index is 0.253. The molecule has 0 aliphatic carbocycles. The highest BCUT2D eigenvalue weighted by molar-refractivity contribution is 14.1. The smallest absolute Gasteiger partial charge is 0.293 e. The topological polar surface area (TPSA) is 68.7 Å². The lowest BCUT2D eigenvalue weighted by Gasteiger charge is -2.14. The molecule has 0 unspecified atom stereocenters. The summed E-state index contributed by atoms with van der Waals surface area (Å²) >= 11 is 3.12. The van der Waals surface area contributed by atoms with Gasteiger partial charge in [-0.05, 0) is 82.7 Å². The van der Waals surface area contributed by atoms with Crippen molar-refractivity contribution in [3.05, 3.63) is 91.7 Å². The zero-order chi connectivity index (χ0) is 23.4. The average Bonchev–Trinajstić information content (AvgIpc) is 3.07. The van der Waals surface area contributed by atoms with Crippen molar-refractivity contribution in [3.63, 3.8) is 0 Å². The molecule has 2 amide bonds. The number of amides is 2. The molecule has 6 nitrogen and oxygen atoms in total. The summed E-state index contributed by atoms with van der Waals surface area (Å²) in [5.74, 6) is 0.853. The van der Waals surface area contributed by atoms with Crippen molar-refractivity contribution >= 4 is 51.6 Å². The van der Waals surface area contributed by atoms with Crippen molar-refractivity contribution in [1.82, 2.24) is 9.88 Å². The van der Waals surface area contributed by atoms with Crippen LogP contribution >= 0.6 is 34.4 Å². The van der Waals surface area contributed by atoms with Crippen LogP contribution in [0.2, 0.25) is 0 Å². The number of imide groups is 1. The lowest BCUT2D eigenvalue weighted by atomic mass is 10.1. The van der Waals surface area contributed by atoms with E-state index in [-0.39, 0.29) is 17.7 Å². The van der Waals surface area contributed by atoms with Gasteiger partial charge in [-0.15, -0.1) is 0 Å². The number of hydrogen-bond donors (Lipinski definition) is 0. The highest BCUT2D eigenvalue weighted by Crippen LogP contribution is 2.38. The van der Waals surface area contributed by atoms with Gasteiger partial charge < -0.3 is 9.47 Å². The average molecular weight is 572 g/mol. The monoisotopic (exact) mass is 572 g/mol. The molecule has 1 aliphatic heterocycles. The van der Waals surface area contributed by atoms with E-state index in [0.717, 1.165) is 37.7 Å². The van der Waals surface area contributed by atoms with E-state index in [2.05, 4.69) is 27.6 Å². The number of hydrogen-bond acceptors (Lipinski definition) is 6. The molecule has 0 spiro atoms. The Morgan fingerprint density at radius 3 is 2.61 bits per heavy atom. The zero-order valence-electron chi connectivity index (χ0n) is 18.1. The molecule has 1 fully saturated rings. The summed E-state index contributed by atoms with van der Waals surface area (Å²) in [6.45, 7) is 2.56. The second kappa shape index (κ2) is 10.4. The number of benzene rings is 2. The van der Waals surface area contributed by atoms with Crippen LogP contribution in [-0.4, -0.2) is 28.1 Å². The standard InChI is InChI=1S/C25H21IN2O4S/c1-16-6-8-17(9-7-16)14-28-24(29)22(33-25(28)30)13-18-11-20(26)23(21(12-18)31-2)32-15-19-5-3-4-10-27-19/h3-13H,14-15H2,1-2H3/b22-13-. The quantitative estimate of drug-likeness (QED) is 0.263. The van der Waals surface area contributed by atoms with Crippen molar-refractivity contribution in [1.29, 1.82) is 0 Å². The summed E-state index contributed by atoms with van der Waals surface area (Å²) < 4.78 is 12.3. The maximum atomic E-state index is 12.9. The molecule has 8 heteroatoms. The Morgan fingerprint density at radius 2 is 1.91 bits per heavy atom. The van der Waals surface area contributed by atoms with Crippen molar-refractivity contribution < 1.29 is 19.1 Å². The number of aryl methyl sites for hydroxylation is 1. The van der Waals surface area contributed by atoms with Gasteiger partial charge in [0.1, 0.15) is 6.61 Å². The molecule has 33 heavy (non-hydrogen) atoms. The molecule has 2 aromatic carbocycles. The molecule has 0 N–H and O–H groups in total. The number of rotatable bonds is 7. The van der Waals surface area contributed by atoms with Crippen LogP contribution in [0.4, 0.5) is 4.79 Å². The van der Waals surface area contributed by atoms with Crippen LogP contribution in [0, 0.1) is 10.5 Å². The lowest BCUT2D eigenvalue weighted by molar-refractivity contribution is -0.123. The summed E-state index contributed by atoms with van der Waals surface area (Å²) in [4.78, 5) is 31.3. The number of carbonyl (C=O) groups is 2. The number of nitrogens with zero attached hydrogens (tertiary/aromatic N) is 2. The number of aromatic nitrogens is 1. The van der Waals surface area contributed by atoms with Crippen LogP contribution in [-0.2, 0) is 17.9 Å². The largest absolute Gasteiger partial charge is 0.493 e. The van der Waals surface area contributed by atoms with Gasteiger partial charge in [0.25, 0.3) is 11.1 Å². The van der Waals surface area contributed by atoms with Crippen LogP contribution in [0.1, 0.15) is 22.4 Å². The molecule has 0 atom stereocenters. The van der Waals surface area contributed by atoms with Crippen molar-refractivity contribution in [2.45, 2.75) is 20.1 Å². The van der Waals surface area contributed by atoms with Crippen molar-refractivity contribution in [2.75, 3.05) is 7.11 Å². The maximum absolute atomic E-state index is 12.9. The molecule has 0 radical (unpaired) electrons. The number of thioether (sulfide) groups is 1. The molecule has 0 saturated carbocycles. The van der Waals surface area contributed by atoms with Gasteiger partial charge in [-0.3, -0.25) is 19.5 Å². The molecule has 1 saturated heterocycles. The van der Waals surface area contributed by atoms with Crippen LogP contribution in [0.3, 0.4) is 0 Å². The molecular weight excluding hydrogens is 551 g/mol. The summed E-state index contributed by atoms with van der Waals surface area (Å²) in [6, 6.07) is 17.1. The summed E-state index contributed by atoms with van der Waals surface area (Å²) in [7, 11) is 1.57. The summed E-state index contributed by atoms with van der Waals surface area (Å²) in [5.41, 5.74) is 3.60. The van der Waals surface area contributed by atoms with Gasteiger partial charge >= 0.3 is 0 Å². The second-order valence-corrected chi connectivity index (χ2v) is 9.55. The Bertz CT molecular complexity index is 1210. The van der Waals surface area contributed by atoms with Crippen LogP contribution in [0.25, 0.3) is 6.08 Å². The summed E-state index contributed by atoms with van der Waals surface area (Å²) in [6.07, 6.45) is 3.43. The number of carbonyl (C=O) groups excluding carboxylic acids is 2. The number of halogens is 1. The third-order valence-corrected chi connectivity index (χ3v) is 6.68. The molecule has 3 aromatic rings. The summed E-state index contributed by atoms with van der Waals surface area (Å²) in [5, 5.41) is -0.274. The Kier molecular flexibility index (Phi) is 7.34. The minimum Gasteiger partial charge on any atom is -0.493 e. The zero-order valence-corrected chi connectivity index (χ0v) is 21.1. The molecule has 168 valence electrons. The Labute approximate surface area is 210 Å². The van der Waals surface area contributed by atoms with Gasteiger partial charge in [-0.1, -0.05) is 35.9 Å². The number of ether oxygens (including phenoxy) is 2. The fourth-order valence-corrected chi connectivity index (χ4v) is 4.88. The first-order valence-electron chi connectivity index (χ1n) is 10.2. The van der Waals surface area contributed by atoms with E-state index >= 15 is 0 Å². The normalized spacial score (nSPS) is 14.8. The van der Waals surface area contributed by atoms with Crippen LogP contribution in [0.5, 0.6) is 11.5 Å². The number of methoxy groups -OCH3 is 1. The molecule has 1 aromatic heterocycles. The molecule has 0 bridgehead atoms. The van der Waals surface area contributed by atoms with E-state index in [4.69, 9.17) is 9.47 Å². The van der Waals surface area contributed by atoms with E-state index in [1.54, 1.807) is 25.4 Å². The van der Waals surface area contributed by atoms with Gasteiger partial charge in [0.2, 0.25) is 0 Å².